The van der Waals surface area contributed by atoms with Crippen molar-refractivity contribution in [2.24, 2.45) is 11.5 Å². The first-order valence-corrected chi connectivity index (χ1v) is 15.7. The van der Waals surface area contributed by atoms with Crippen molar-refractivity contribution in [3.8, 4) is 0 Å². The maximum absolute atomic E-state index is 13.1. The molecule has 2 unspecified atom stereocenters. The zero-order valence-electron chi connectivity index (χ0n) is 27.4. The van der Waals surface area contributed by atoms with Crippen LogP contribution in [0, 0.1) is 0 Å². The van der Waals surface area contributed by atoms with Crippen LogP contribution in [0.1, 0.15) is 92.9 Å². The second-order valence-corrected chi connectivity index (χ2v) is 11.1. The molecule has 0 heterocycles. The quantitative estimate of drug-likeness (QED) is 0.0591. The normalized spacial score (nSPS) is 12.0. The van der Waals surface area contributed by atoms with E-state index in [9.17, 15) is 38.4 Å². The summed E-state index contributed by atoms with van der Waals surface area (Å²) < 4.78 is 0. The molecule has 0 aliphatic rings. The van der Waals surface area contributed by atoms with Crippen LogP contribution in [0.4, 0.5) is 0 Å². The van der Waals surface area contributed by atoms with Crippen molar-refractivity contribution in [2.75, 3.05) is 39.3 Å². The van der Waals surface area contributed by atoms with E-state index < -0.39 is 72.6 Å². The minimum absolute atomic E-state index is 0. The van der Waals surface area contributed by atoms with E-state index in [0.717, 1.165) is 4.90 Å². The Hall–Kier alpha value is -4.32. The van der Waals surface area contributed by atoms with Gasteiger partial charge in [-0.25, -0.2) is 0 Å². The molecule has 49 heavy (non-hydrogen) atoms. The minimum Gasteiger partial charge on any atom is -0.667 e. The Morgan fingerprint density at radius 3 is 1.43 bits per heavy atom. The molecular formula is C31H60N10O8-2. The molecule has 0 saturated carbocycles. The predicted octanol–water partition coefficient (Wildman–Crippen LogP) is -0.210. The third-order valence-corrected chi connectivity index (χ3v) is 6.82. The molecule has 8 amide bonds. The number of carbonyl (C=O) groups is 8. The highest BCUT2D eigenvalue weighted by Crippen LogP contribution is 2.05. The van der Waals surface area contributed by atoms with E-state index in [0.29, 0.717) is 51.5 Å². The highest BCUT2D eigenvalue weighted by atomic mass is 16.2. The highest BCUT2D eigenvalue weighted by Gasteiger charge is 2.22. The Morgan fingerprint density at radius 1 is 0.592 bits per heavy atom. The van der Waals surface area contributed by atoms with Crippen molar-refractivity contribution >= 4 is 47.3 Å². The SMILES string of the molecule is C.C.CC(=O)NCCCC[C@H](NC(C)=O)C(=O)NCCC(=O)N(CC(=O)NCCCCC([NH-])C(N)=O)CC(=O)NCCCCC([NH-])C(N)=O. The summed E-state index contributed by atoms with van der Waals surface area (Å²) in [7, 11) is 0. The molecular weight excluding hydrogens is 640 g/mol. The Balaban J connectivity index is -0.0000106. The average Bonchev–Trinajstić information content (AvgIpc) is 2.98. The van der Waals surface area contributed by atoms with E-state index in [-0.39, 0.29) is 59.7 Å². The number of nitrogens with one attached hydrogen (secondary N) is 7. The van der Waals surface area contributed by atoms with Gasteiger partial charge in [0.1, 0.15) is 19.1 Å². The number of primary amides is 2. The minimum atomic E-state index is -1.03. The zero-order valence-corrected chi connectivity index (χ0v) is 27.4. The number of amides is 8. The third kappa shape index (κ3) is 26.3. The van der Waals surface area contributed by atoms with Gasteiger partial charge in [-0.3, -0.25) is 38.4 Å². The molecule has 0 aromatic heterocycles. The Morgan fingerprint density at radius 2 is 1.02 bits per heavy atom. The van der Waals surface area contributed by atoms with Gasteiger partial charge in [-0.2, -0.15) is 0 Å². The molecule has 0 radical (unpaired) electrons. The van der Waals surface area contributed by atoms with Crippen molar-refractivity contribution in [3.05, 3.63) is 11.5 Å². The summed E-state index contributed by atoms with van der Waals surface area (Å²) in [6.45, 7) is 2.52. The average molecular weight is 701 g/mol. The molecule has 11 N–H and O–H groups in total. The number of nitrogens with zero attached hydrogens (tertiary/aromatic N) is 1. The van der Waals surface area contributed by atoms with Crippen molar-refractivity contribution in [1.82, 2.24) is 31.5 Å². The van der Waals surface area contributed by atoms with Crippen LogP contribution >= 0.6 is 0 Å². The Kier molecular flexibility index (Phi) is 28.7. The van der Waals surface area contributed by atoms with Gasteiger partial charge in [0, 0.05) is 46.4 Å². The van der Waals surface area contributed by atoms with Crippen LogP contribution in [0.5, 0.6) is 0 Å². The molecule has 0 spiro atoms. The Labute approximate surface area is 290 Å². The molecule has 18 heteroatoms. The van der Waals surface area contributed by atoms with Gasteiger partial charge in [-0.05, 0) is 32.1 Å². The summed E-state index contributed by atoms with van der Waals surface area (Å²) in [5, 5.41) is 13.1. The van der Waals surface area contributed by atoms with E-state index in [4.69, 9.17) is 22.9 Å². The lowest BCUT2D eigenvalue weighted by molar-refractivity contribution is -0.139. The molecule has 0 rings (SSSR count). The van der Waals surface area contributed by atoms with Crippen molar-refractivity contribution in [1.29, 1.82) is 0 Å². The number of hydrogen-bond acceptors (Lipinski definition) is 8. The van der Waals surface area contributed by atoms with Crippen LogP contribution in [-0.2, 0) is 38.4 Å². The summed E-state index contributed by atoms with van der Waals surface area (Å²) in [5.74, 6) is -4.20. The highest BCUT2D eigenvalue weighted by molar-refractivity contribution is 5.90. The number of hydrogen-bond donors (Lipinski definition) is 7. The van der Waals surface area contributed by atoms with E-state index in [2.05, 4.69) is 26.6 Å². The number of unbranched alkanes of at least 4 members (excludes halogenated alkanes) is 3. The summed E-state index contributed by atoms with van der Waals surface area (Å²) in [5.41, 5.74) is 25.2. The lowest BCUT2D eigenvalue weighted by Crippen LogP contribution is -2.48. The van der Waals surface area contributed by atoms with E-state index >= 15 is 0 Å². The fraction of sp³-hybridized carbons (Fsp3) is 0.742. The molecule has 0 fully saturated rings. The summed E-state index contributed by atoms with van der Waals surface area (Å²) >= 11 is 0. The fourth-order valence-corrected chi connectivity index (χ4v) is 4.20. The van der Waals surface area contributed by atoms with Gasteiger partial charge >= 0.3 is 0 Å². The lowest BCUT2D eigenvalue weighted by Gasteiger charge is -2.23. The Bertz CT molecular complexity index is 1020. The van der Waals surface area contributed by atoms with Crippen LogP contribution in [0.15, 0.2) is 0 Å². The summed E-state index contributed by atoms with van der Waals surface area (Å²) in [4.78, 5) is 96.6. The van der Waals surface area contributed by atoms with Gasteiger partial charge < -0.3 is 54.4 Å². The topological polar surface area (TPSA) is 300 Å². The van der Waals surface area contributed by atoms with E-state index in [1.807, 2.05) is 0 Å². The van der Waals surface area contributed by atoms with Gasteiger partial charge in [-0.1, -0.05) is 52.6 Å². The van der Waals surface area contributed by atoms with Crippen LogP contribution in [0.3, 0.4) is 0 Å². The third-order valence-electron chi connectivity index (χ3n) is 6.82. The fourth-order valence-electron chi connectivity index (χ4n) is 4.20. The first-order chi connectivity index (χ1) is 22.1. The van der Waals surface area contributed by atoms with Gasteiger partial charge in [-0.15, -0.1) is 0 Å². The molecule has 3 atom stereocenters. The largest absolute Gasteiger partial charge is 0.667 e. The van der Waals surface area contributed by atoms with Crippen molar-refractivity contribution in [3.63, 3.8) is 0 Å². The standard InChI is InChI=1S/C29H52N10O8.2CH4/c1-19(40)34-13-8-5-11-23(38-20(2)41)29(47)37-16-12-26(44)39(17-24(42)35-14-6-3-9-21(30)27(32)45)18-25(43)36-15-7-4-10-22(31)28(33)46;;/h21-23,30-31H,3-18H2,1-2H3,(H2,32,45)(H2,33,46)(H,34,40)(H,35,42)(H,36,43)(H,37,47)(H,38,41);2*1H4/q-2;;/t21?,22?,23-;;/m0../s1. The maximum atomic E-state index is 13.1. The number of carbonyl (C=O) groups excluding carboxylic acids is 8. The van der Waals surface area contributed by atoms with Crippen LogP contribution < -0.4 is 38.1 Å². The van der Waals surface area contributed by atoms with Crippen LogP contribution in [-0.4, -0.2) is 110 Å². The molecule has 0 saturated heterocycles. The van der Waals surface area contributed by atoms with Crippen molar-refractivity contribution < 1.29 is 38.4 Å². The molecule has 0 aromatic carbocycles. The molecule has 0 aliphatic carbocycles. The first kappa shape index (κ1) is 49.1. The zero-order chi connectivity index (χ0) is 35.8. The molecule has 0 bridgehead atoms. The van der Waals surface area contributed by atoms with Crippen LogP contribution in [0.25, 0.3) is 11.5 Å². The first-order valence-electron chi connectivity index (χ1n) is 15.7. The van der Waals surface area contributed by atoms with Crippen LogP contribution in [0.2, 0.25) is 0 Å². The van der Waals surface area contributed by atoms with E-state index in [1.54, 1.807) is 0 Å². The van der Waals surface area contributed by atoms with E-state index in [1.165, 1.54) is 13.8 Å². The predicted molar refractivity (Wildman–Crippen MR) is 186 cm³/mol. The monoisotopic (exact) mass is 700 g/mol. The lowest BCUT2D eigenvalue weighted by atomic mass is 10.1. The van der Waals surface area contributed by atoms with Gasteiger partial charge in [0.15, 0.2) is 11.8 Å². The van der Waals surface area contributed by atoms with Crippen molar-refractivity contribution in [2.45, 2.75) is 111 Å². The van der Waals surface area contributed by atoms with Gasteiger partial charge in [0.25, 0.3) is 0 Å². The molecule has 18 nitrogen and oxygen atoms in total. The molecule has 0 aliphatic heterocycles. The summed E-state index contributed by atoms with van der Waals surface area (Å²) in [6, 6.07) is -2.91. The number of nitrogens with two attached hydrogens (primary N) is 2. The second-order valence-electron chi connectivity index (χ2n) is 11.1. The second kappa shape index (κ2) is 28.7. The van der Waals surface area contributed by atoms with Gasteiger partial charge in [0.2, 0.25) is 35.4 Å². The number of rotatable bonds is 26. The maximum Gasteiger partial charge on any atom is 0.242 e. The molecule has 0 aromatic rings. The smallest absolute Gasteiger partial charge is 0.242 e. The van der Waals surface area contributed by atoms with Gasteiger partial charge in [0.05, 0.1) is 0 Å². The summed E-state index contributed by atoms with van der Waals surface area (Å²) in [6.07, 6.45) is 3.56. The molecule has 284 valence electrons.